The summed E-state index contributed by atoms with van der Waals surface area (Å²) in [5.41, 5.74) is 2.58. The van der Waals surface area contributed by atoms with Gasteiger partial charge in [-0.1, -0.05) is 0 Å². The second-order valence-electron chi connectivity index (χ2n) is 6.61. The van der Waals surface area contributed by atoms with Crippen molar-refractivity contribution in [1.29, 1.82) is 0 Å². The van der Waals surface area contributed by atoms with Crippen molar-refractivity contribution in [3.8, 4) is 0 Å². The van der Waals surface area contributed by atoms with Crippen LogP contribution in [-0.4, -0.2) is 48.0 Å². The molecule has 1 aromatic rings. The Morgan fingerprint density at radius 2 is 2.14 bits per heavy atom. The molecule has 1 amide bonds. The Kier molecular flexibility index (Phi) is 3.47. The molecule has 1 spiro atoms. The van der Waals surface area contributed by atoms with E-state index in [-0.39, 0.29) is 23.5 Å². The number of ether oxygens (including phenoxy) is 2. The van der Waals surface area contributed by atoms with Gasteiger partial charge in [-0.05, 0) is 30.9 Å². The highest BCUT2D eigenvalue weighted by molar-refractivity contribution is 5.93. The first-order chi connectivity index (χ1) is 10.7. The zero-order valence-electron chi connectivity index (χ0n) is 12.6. The maximum absolute atomic E-state index is 12.5. The maximum atomic E-state index is 12.5. The number of H-pyrrole nitrogens is 1. The van der Waals surface area contributed by atoms with Crippen LogP contribution in [0.25, 0.3) is 0 Å². The van der Waals surface area contributed by atoms with E-state index in [1.807, 2.05) is 6.07 Å². The molecule has 2 atom stereocenters. The summed E-state index contributed by atoms with van der Waals surface area (Å²) in [7, 11) is 0. The topological polar surface area (TPSA) is 83.6 Å². The van der Waals surface area contributed by atoms with Gasteiger partial charge in [0.05, 0.1) is 19.3 Å². The predicted molar refractivity (Wildman–Crippen MR) is 78.5 cm³/mol. The van der Waals surface area contributed by atoms with Crippen molar-refractivity contribution in [3.63, 3.8) is 0 Å². The fourth-order valence-electron chi connectivity index (χ4n) is 4.01. The summed E-state index contributed by atoms with van der Waals surface area (Å²) in [6.07, 6.45) is 2.76. The molecule has 1 saturated heterocycles. The molecule has 120 valence electrons. The molecule has 6 heteroatoms. The molecule has 0 unspecified atom stereocenters. The molecule has 0 bridgehead atoms. The Morgan fingerprint density at radius 3 is 2.86 bits per heavy atom. The van der Waals surface area contributed by atoms with Crippen LogP contribution in [0.2, 0.25) is 0 Å². The number of rotatable bonds is 2. The highest BCUT2D eigenvalue weighted by atomic mass is 16.5. The van der Waals surface area contributed by atoms with Crippen molar-refractivity contribution in [1.82, 2.24) is 10.3 Å². The van der Waals surface area contributed by atoms with Gasteiger partial charge in [0, 0.05) is 36.8 Å². The number of fused-ring (bicyclic) bond motifs is 1. The van der Waals surface area contributed by atoms with Crippen LogP contribution >= 0.6 is 0 Å². The van der Waals surface area contributed by atoms with Gasteiger partial charge in [0.2, 0.25) is 0 Å². The first-order valence-corrected chi connectivity index (χ1v) is 8.04. The lowest BCUT2D eigenvalue weighted by Crippen LogP contribution is -2.65. The zero-order valence-corrected chi connectivity index (χ0v) is 12.6. The molecule has 1 saturated carbocycles. The van der Waals surface area contributed by atoms with Crippen molar-refractivity contribution < 1.29 is 19.4 Å². The molecule has 6 nitrogen and oxygen atoms in total. The molecular formula is C16H22N2O4. The molecule has 3 N–H and O–H groups in total. The molecule has 0 radical (unpaired) electrons. The van der Waals surface area contributed by atoms with Crippen molar-refractivity contribution in [2.24, 2.45) is 5.41 Å². The number of nitrogens with one attached hydrogen (secondary N) is 2. The van der Waals surface area contributed by atoms with Crippen LogP contribution in [0.3, 0.4) is 0 Å². The van der Waals surface area contributed by atoms with E-state index >= 15 is 0 Å². The summed E-state index contributed by atoms with van der Waals surface area (Å²) in [5, 5.41) is 13.3. The minimum Gasteiger partial charge on any atom is -0.392 e. The standard InChI is InChI=1S/C16H22N2O4/c19-14-8-13(16(14)2-5-21-6-3-16)18-15(20)12-7-10-9-22-4-1-11(10)17-12/h7,13-14,17,19H,1-6,8-9H2,(H,18,20)/t13-,14-/m1/s1. The number of aliphatic hydroxyl groups is 1. The molecule has 2 fully saturated rings. The van der Waals surface area contributed by atoms with Crippen LogP contribution in [0.5, 0.6) is 0 Å². The van der Waals surface area contributed by atoms with Crippen molar-refractivity contribution in [3.05, 3.63) is 23.0 Å². The largest absolute Gasteiger partial charge is 0.392 e. The third kappa shape index (κ3) is 2.17. The highest BCUT2D eigenvalue weighted by Gasteiger charge is 2.55. The highest BCUT2D eigenvalue weighted by Crippen LogP contribution is 2.49. The Bertz CT molecular complexity index is 553. The van der Waals surface area contributed by atoms with Crippen LogP contribution in [0, 0.1) is 5.41 Å². The number of aromatic nitrogens is 1. The minimum absolute atomic E-state index is 0.0375. The Morgan fingerprint density at radius 1 is 1.32 bits per heavy atom. The lowest BCUT2D eigenvalue weighted by Gasteiger charge is -2.55. The maximum Gasteiger partial charge on any atom is 0.267 e. The number of hydrogen-bond acceptors (Lipinski definition) is 4. The summed E-state index contributed by atoms with van der Waals surface area (Å²) >= 11 is 0. The third-order valence-electron chi connectivity index (χ3n) is 5.54. The van der Waals surface area contributed by atoms with E-state index in [0.29, 0.717) is 38.5 Å². The summed E-state index contributed by atoms with van der Waals surface area (Å²) < 4.78 is 10.8. The van der Waals surface area contributed by atoms with Crippen molar-refractivity contribution in [2.45, 2.75) is 44.4 Å². The number of aromatic amines is 1. The first-order valence-electron chi connectivity index (χ1n) is 8.04. The van der Waals surface area contributed by atoms with E-state index in [1.54, 1.807) is 0 Å². The molecule has 4 rings (SSSR count). The van der Waals surface area contributed by atoms with E-state index in [0.717, 1.165) is 30.5 Å². The number of carbonyl (C=O) groups excluding carboxylic acids is 1. The van der Waals surface area contributed by atoms with Gasteiger partial charge in [-0.15, -0.1) is 0 Å². The average molecular weight is 306 g/mol. The Balaban J connectivity index is 1.46. The molecule has 1 aliphatic carbocycles. The van der Waals surface area contributed by atoms with Crippen LogP contribution in [0.4, 0.5) is 0 Å². The Labute approximate surface area is 129 Å². The van der Waals surface area contributed by atoms with Gasteiger partial charge in [0.25, 0.3) is 5.91 Å². The van der Waals surface area contributed by atoms with Crippen LogP contribution in [-0.2, 0) is 22.5 Å². The smallest absolute Gasteiger partial charge is 0.267 e. The summed E-state index contributed by atoms with van der Waals surface area (Å²) in [5.74, 6) is -0.0860. The fourth-order valence-corrected chi connectivity index (χ4v) is 4.01. The first kappa shape index (κ1) is 14.2. The number of aliphatic hydroxyl groups excluding tert-OH is 1. The van der Waals surface area contributed by atoms with E-state index < -0.39 is 0 Å². The van der Waals surface area contributed by atoms with Gasteiger partial charge in [0.1, 0.15) is 5.69 Å². The minimum atomic E-state index is -0.327. The van der Waals surface area contributed by atoms with E-state index in [2.05, 4.69) is 10.3 Å². The molecule has 1 aromatic heterocycles. The monoisotopic (exact) mass is 306 g/mol. The quantitative estimate of drug-likeness (QED) is 0.753. The second kappa shape index (κ2) is 5.37. The van der Waals surface area contributed by atoms with Gasteiger partial charge >= 0.3 is 0 Å². The van der Waals surface area contributed by atoms with Gasteiger partial charge in [-0.25, -0.2) is 0 Å². The van der Waals surface area contributed by atoms with E-state index in [9.17, 15) is 9.90 Å². The number of carbonyl (C=O) groups is 1. The Hall–Kier alpha value is -1.37. The lowest BCUT2D eigenvalue weighted by molar-refractivity contribution is -0.145. The van der Waals surface area contributed by atoms with E-state index in [1.165, 1.54) is 0 Å². The predicted octanol–water partition coefficient (Wildman–Crippen LogP) is 0.747. The van der Waals surface area contributed by atoms with Crippen LogP contribution in [0.1, 0.15) is 41.0 Å². The summed E-state index contributed by atoms with van der Waals surface area (Å²) in [6.45, 7) is 2.60. The SMILES string of the molecule is O=C(N[C@@H]1C[C@@H](O)C12CCOCC2)c1cc2c([nH]1)CCOC2. The van der Waals surface area contributed by atoms with Gasteiger partial charge in [-0.3, -0.25) is 4.79 Å². The van der Waals surface area contributed by atoms with Gasteiger partial charge in [0.15, 0.2) is 0 Å². The fraction of sp³-hybridized carbons (Fsp3) is 0.688. The normalized spacial score (nSPS) is 29.7. The van der Waals surface area contributed by atoms with Crippen LogP contribution < -0.4 is 5.32 Å². The summed E-state index contributed by atoms with van der Waals surface area (Å²) in [4.78, 5) is 15.7. The van der Waals surface area contributed by atoms with Crippen molar-refractivity contribution in [2.75, 3.05) is 19.8 Å². The van der Waals surface area contributed by atoms with Crippen molar-refractivity contribution >= 4 is 5.91 Å². The molecule has 3 heterocycles. The second-order valence-corrected chi connectivity index (χ2v) is 6.61. The number of hydrogen-bond donors (Lipinski definition) is 3. The molecule has 0 aromatic carbocycles. The molecule has 3 aliphatic rings. The van der Waals surface area contributed by atoms with E-state index in [4.69, 9.17) is 9.47 Å². The number of amides is 1. The molecular weight excluding hydrogens is 284 g/mol. The third-order valence-corrected chi connectivity index (χ3v) is 5.54. The average Bonchev–Trinajstić information content (AvgIpc) is 2.99. The lowest BCUT2D eigenvalue weighted by atomic mass is 9.58. The van der Waals surface area contributed by atoms with Gasteiger partial charge in [-0.2, -0.15) is 0 Å². The zero-order chi connectivity index (χ0) is 15.2. The van der Waals surface area contributed by atoms with Crippen LogP contribution in [0.15, 0.2) is 6.07 Å². The molecule has 22 heavy (non-hydrogen) atoms. The molecule has 2 aliphatic heterocycles. The van der Waals surface area contributed by atoms with Gasteiger partial charge < -0.3 is 24.9 Å². The summed E-state index contributed by atoms with van der Waals surface area (Å²) in [6, 6.07) is 1.92.